The molecule has 0 radical (unpaired) electrons. The highest BCUT2D eigenvalue weighted by Crippen LogP contribution is 2.28. The van der Waals surface area contributed by atoms with E-state index < -0.39 is 0 Å². The number of aliphatic hydroxyl groups excluding tert-OH is 1. The maximum absolute atomic E-state index is 9.71. The summed E-state index contributed by atoms with van der Waals surface area (Å²) in [4.78, 5) is 0. The van der Waals surface area contributed by atoms with Crippen LogP contribution in [0.5, 0.6) is 0 Å². The molecule has 1 saturated carbocycles. The van der Waals surface area contributed by atoms with Gasteiger partial charge in [0.2, 0.25) is 0 Å². The van der Waals surface area contributed by atoms with Crippen molar-refractivity contribution in [3.63, 3.8) is 0 Å². The molecule has 1 aliphatic rings. The zero-order chi connectivity index (χ0) is 10.2. The molecule has 1 rings (SSSR count). The Hall–Kier alpha value is -0.0400. The summed E-state index contributed by atoms with van der Waals surface area (Å²) >= 11 is 0. The normalized spacial score (nSPS) is 21.0. The topological polar surface area (TPSA) is 20.2 Å². The van der Waals surface area contributed by atoms with Gasteiger partial charge in [-0.3, -0.25) is 0 Å². The highest BCUT2D eigenvalue weighted by molar-refractivity contribution is 4.67. The molecule has 84 valence electrons. The van der Waals surface area contributed by atoms with E-state index >= 15 is 0 Å². The number of aliphatic hydroxyl groups is 1. The Morgan fingerprint density at radius 1 is 1.14 bits per heavy atom. The van der Waals surface area contributed by atoms with E-state index in [1.54, 1.807) is 0 Å². The Morgan fingerprint density at radius 2 is 1.86 bits per heavy atom. The van der Waals surface area contributed by atoms with Crippen LogP contribution in [0.4, 0.5) is 0 Å². The van der Waals surface area contributed by atoms with Crippen molar-refractivity contribution in [2.45, 2.75) is 77.2 Å². The van der Waals surface area contributed by atoms with Crippen molar-refractivity contribution < 1.29 is 5.11 Å². The third-order valence-electron chi connectivity index (χ3n) is 3.52. The predicted molar refractivity (Wildman–Crippen MR) is 61.3 cm³/mol. The van der Waals surface area contributed by atoms with E-state index in [1.807, 2.05) is 0 Å². The second-order valence-corrected chi connectivity index (χ2v) is 4.88. The summed E-state index contributed by atoms with van der Waals surface area (Å²) in [6.07, 6.45) is 12.8. The SMILES string of the molecule is CCCCC(O)CCC1CCCCC1. The van der Waals surface area contributed by atoms with Crippen LogP contribution < -0.4 is 0 Å². The Kier molecular flexibility index (Phi) is 6.25. The lowest BCUT2D eigenvalue weighted by molar-refractivity contribution is 0.137. The molecular formula is C13H26O. The molecule has 1 heteroatoms. The lowest BCUT2D eigenvalue weighted by Gasteiger charge is -2.22. The van der Waals surface area contributed by atoms with Crippen LogP contribution in [0.2, 0.25) is 0 Å². The standard InChI is InChI=1S/C13H26O/c1-2-3-9-13(14)11-10-12-7-5-4-6-8-12/h12-14H,2-11H2,1H3. The van der Waals surface area contributed by atoms with Crippen LogP contribution in [0.1, 0.15) is 71.1 Å². The van der Waals surface area contributed by atoms with E-state index in [1.165, 1.54) is 51.4 Å². The molecule has 0 bridgehead atoms. The first-order valence-corrected chi connectivity index (χ1v) is 6.51. The molecule has 0 aliphatic heterocycles. The molecule has 0 aromatic rings. The molecule has 1 aliphatic carbocycles. The van der Waals surface area contributed by atoms with Gasteiger partial charge in [0.15, 0.2) is 0 Å². The summed E-state index contributed by atoms with van der Waals surface area (Å²) in [5.41, 5.74) is 0. The first-order chi connectivity index (χ1) is 6.83. The first kappa shape index (κ1) is 12.0. The number of hydrogen-bond acceptors (Lipinski definition) is 1. The Bertz CT molecular complexity index is 127. The van der Waals surface area contributed by atoms with Crippen LogP contribution in [-0.2, 0) is 0 Å². The highest BCUT2D eigenvalue weighted by atomic mass is 16.3. The largest absolute Gasteiger partial charge is 0.393 e. The first-order valence-electron chi connectivity index (χ1n) is 6.51. The van der Waals surface area contributed by atoms with Crippen LogP contribution in [-0.4, -0.2) is 11.2 Å². The minimum absolute atomic E-state index is 0.0168. The molecule has 1 atom stereocenters. The van der Waals surface area contributed by atoms with Gasteiger partial charge in [-0.25, -0.2) is 0 Å². The van der Waals surface area contributed by atoms with Crippen molar-refractivity contribution in [3.05, 3.63) is 0 Å². The number of unbranched alkanes of at least 4 members (excludes halogenated alkanes) is 1. The van der Waals surface area contributed by atoms with Gasteiger partial charge in [0.05, 0.1) is 6.10 Å². The zero-order valence-electron chi connectivity index (χ0n) is 9.67. The zero-order valence-corrected chi connectivity index (χ0v) is 9.67. The van der Waals surface area contributed by atoms with Crippen LogP contribution in [0.3, 0.4) is 0 Å². The summed E-state index contributed by atoms with van der Waals surface area (Å²) in [6.45, 7) is 2.19. The van der Waals surface area contributed by atoms with Gasteiger partial charge in [0, 0.05) is 0 Å². The molecule has 0 amide bonds. The van der Waals surface area contributed by atoms with Crippen molar-refractivity contribution in [1.29, 1.82) is 0 Å². The smallest absolute Gasteiger partial charge is 0.0540 e. The Labute approximate surface area is 88.9 Å². The van der Waals surface area contributed by atoms with Crippen molar-refractivity contribution >= 4 is 0 Å². The predicted octanol–water partition coefficient (Wildman–Crippen LogP) is 3.90. The fourth-order valence-corrected chi connectivity index (χ4v) is 2.49. The molecule has 1 unspecified atom stereocenters. The van der Waals surface area contributed by atoms with Crippen LogP contribution in [0.15, 0.2) is 0 Å². The van der Waals surface area contributed by atoms with E-state index in [-0.39, 0.29) is 6.10 Å². The molecule has 0 heterocycles. The van der Waals surface area contributed by atoms with Crippen LogP contribution in [0, 0.1) is 5.92 Å². The Morgan fingerprint density at radius 3 is 2.50 bits per heavy atom. The Balaban J connectivity index is 2.00. The maximum atomic E-state index is 9.71. The van der Waals surface area contributed by atoms with Crippen molar-refractivity contribution in [2.24, 2.45) is 5.92 Å². The molecule has 1 N–H and O–H groups in total. The van der Waals surface area contributed by atoms with E-state index in [2.05, 4.69) is 6.92 Å². The highest BCUT2D eigenvalue weighted by Gasteiger charge is 2.14. The van der Waals surface area contributed by atoms with Gasteiger partial charge >= 0.3 is 0 Å². The summed E-state index contributed by atoms with van der Waals surface area (Å²) in [5, 5.41) is 9.71. The molecular weight excluding hydrogens is 172 g/mol. The summed E-state index contributed by atoms with van der Waals surface area (Å²) < 4.78 is 0. The van der Waals surface area contributed by atoms with Gasteiger partial charge in [-0.2, -0.15) is 0 Å². The fourth-order valence-electron chi connectivity index (χ4n) is 2.49. The molecule has 0 saturated heterocycles. The van der Waals surface area contributed by atoms with E-state index in [4.69, 9.17) is 0 Å². The summed E-state index contributed by atoms with van der Waals surface area (Å²) in [6, 6.07) is 0. The average Bonchev–Trinajstić information content (AvgIpc) is 2.25. The van der Waals surface area contributed by atoms with Crippen molar-refractivity contribution in [1.82, 2.24) is 0 Å². The van der Waals surface area contributed by atoms with Gasteiger partial charge in [0.1, 0.15) is 0 Å². The number of rotatable bonds is 6. The molecule has 14 heavy (non-hydrogen) atoms. The summed E-state index contributed by atoms with van der Waals surface area (Å²) in [7, 11) is 0. The van der Waals surface area contributed by atoms with E-state index in [0.29, 0.717) is 0 Å². The number of hydrogen-bond donors (Lipinski definition) is 1. The lowest BCUT2D eigenvalue weighted by Crippen LogP contribution is -2.12. The minimum atomic E-state index is -0.0168. The summed E-state index contributed by atoms with van der Waals surface area (Å²) in [5.74, 6) is 0.931. The van der Waals surface area contributed by atoms with Gasteiger partial charge in [-0.1, -0.05) is 51.9 Å². The van der Waals surface area contributed by atoms with Gasteiger partial charge in [0.25, 0.3) is 0 Å². The van der Waals surface area contributed by atoms with Gasteiger partial charge in [-0.15, -0.1) is 0 Å². The molecule has 1 nitrogen and oxygen atoms in total. The third-order valence-corrected chi connectivity index (χ3v) is 3.52. The van der Waals surface area contributed by atoms with Gasteiger partial charge in [-0.05, 0) is 25.2 Å². The third kappa shape index (κ3) is 4.99. The molecule has 0 aromatic heterocycles. The van der Waals surface area contributed by atoms with Crippen molar-refractivity contribution in [2.75, 3.05) is 0 Å². The van der Waals surface area contributed by atoms with Crippen molar-refractivity contribution in [3.8, 4) is 0 Å². The van der Waals surface area contributed by atoms with Crippen LogP contribution in [0.25, 0.3) is 0 Å². The molecule has 1 fully saturated rings. The molecule has 0 aromatic carbocycles. The maximum Gasteiger partial charge on any atom is 0.0540 e. The average molecular weight is 198 g/mol. The fraction of sp³-hybridized carbons (Fsp3) is 1.00. The van der Waals surface area contributed by atoms with Crippen LogP contribution >= 0.6 is 0 Å². The quantitative estimate of drug-likeness (QED) is 0.686. The lowest BCUT2D eigenvalue weighted by atomic mass is 9.85. The van der Waals surface area contributed by atoms with E-state index in [0.717, 1.165) is 18.8 Å². The monoisotopic (exact) mass is 198 g/mol. The minimum Gasteiger partial charge on any atom is -0.393 e. The van der Waals surface area contributed by atoms with Gasteiger partial charge < -0.3 is 5.11 Å². The van der Waals surface area contributed by atoms with E-state index in [9.17, 15) is 5.11 Å². The molecule has 0 spiro atoms. The second kappa shape index (κ2) is 7.28. The second-order valence-electron chi connectivity index (χ2n) is 4.88.